The Morgan fingerprint density at radius 1 is 1.50 bits per heavy atom. The number of hydrogen-bond acceptors (Lipinski definition) is 0. The van der Waals surface area contributed by atoms with E-state index in [9.17, 15) is 0 Å². The van der Waals surface area contributed by atoms with Crippen LogP contribution in [0.3, 0.4) is 0 Å². The van der Waals surface area contributed by atoms with Crippen LogP contribution in [0, 0.1) is 0 Å². The van der Waals surface area contributed by atoms with E-state index in [0.717, 1.165) is 3.92 Å². The smallest absolute Gasteiger partial charge is 0.0484 e. The highest BCUT2D eigenvalue weighted by Crippen LogP contribution is 2.34. The summed E-state index contributed by atoms with van der Waals surface area (Å²) < 4.78 is 1.02. The highest BCUT2D eigenvalue weighted by atomic mass is 127. The fourth-order valence-corrected chi connectivity index (χ4v) is 8.56. The third-order valence-electron chi connectivity index (χ3n) is 1.91. The van der Waals surface area contributed by atoms with Gasteiger partial charge in [0.05, 0.1) is 0 Å². The highest BCUT2D eigenvalue weighted by Gasteiger charge is 2.30. The van der Waals surface area contributed by atoms with E-state index in [1.807, 2.05) is 0 Å². The normalized spacial score (nSPS) is 35.6. The first-order valence-corrected chi connectivity index (χ1v) is 7.90. The fourth-order valence-electron chi connectivity index (χ4n) is 1.35. The third kappa shape index (κ3) is 1.72. The molecular formula is C6H13ISi. The minimum Gasteiger partial charge on any atom is -0.0829 e. The van der Waals surface area contributed by atoms with Crippen LogP contribution in [0.15, 0.2) is 0 Å². The Morgan fingerprint density at radius 3 is 2.25 bits per heavy atom. The molecule has 1 rings (SSSR count). The predicted molar refractivity (Wildman–Crippen MR) is 49.5 cm³/mol. The van der Waals surface area contributed by atoms with Crippen molar-refractivity contribution in [3.8, 4) is 0 Å². The lowest BCUT2D eigenvalue weighted by Crippen LogP contribution is -2.19. The SMILES string of the molecule is C[Si]1(C)CC[C@@H](I)C1. The first-order chi connectivity index (χ1) is 3.60. The topological polar surface area (TPSA) is 0 Å². The Morgan fingerprint density at radius 2 is 2.12 bits per heavy atom. The van der Waals surface area contributed by atoms with Crippen LogP contribution >= 0.6 is 22.6 Å². The van der Waals surface area contributed by atoms with Gasteiger partial charge in [-0.05, 0) is 12.5 Å². The van der Waals surface area contributed by atoms with Gasteiger partial charge in [0, 0.05) is 12.0 Å². The maximum Gasteiger partial charge on any atom is 0.0484 e. The third-order valence-corrected chi connectivity index (χ3v) is 7.04. The number of rotatable bonds is 0. The molecule has 2 heteroatoms. The van der Waals surface area contributed by atoms with Crippen LogP contribution in [0.4, 0.5) is 0 Å². The molecule has 1 fully saturated rings. The van der Waals surface area contributed by atoms with Crippen molar-refractivity contribution in [2.75, 3.05) is 0 Å². The molecule has 1 atom stereocenters. The Bertz CT molecular complexity index is 90.5. The fraction of sp³-hybridized carbons (Fsp3) is 1.00. The molecule has 0 nitrogen and oxygen atoms in total. The first-order valence-electron chi connectivity index (χ1n) is 3.24. The molecule has 0 aliphatic carbocycles. The van der Waals surface area contributed by atoms with Crippen molar-refractivity contribution >= 4 is 30.7 Å². The van der Waals surface area contributed by atoms with Crippen molar-refractivity contribution in [3.63, 3.8) is 0 Å². The molecule has 0 spiro atoms. The van der Waals surface area contributed by atoms with E-state index in [4.69, 9.17) is 0 Å². The van der Waals surface area contributed by atoms with Crippen LogP contribution in [0.5, 0.6) is 0 Å². The molecule has 0 saturated carbocycles. The number of alkyl halides is 1. The van der Waals surface area contributed by atoms with Gasteiger partial charge < -0.3 is 0 Å². The summed E-state index contributed by atoms with van der Waals surface area (Å²) in [5, 5.41) is 0. The quantitative estimate of drug-likeness (QED) is 0.347. The molecule has 0 aromatic heterocycles. The van der Waals surface area contributed by atoms with Gasteiger partial charge in [0.15, 0.2) is 0 Å². The van der Waals surface area contributed by atoms with Gasteiger partial charge in [-0.15, -0.1) is 0 Å². The zero-order valence-corrected chi connectivity index (χ0v) is 8.73. The van der Waals surface area contributed by atoms with Crippen LogP contribution in [-0.4, -0.2) is 12.0 Å². The molecule has 0 aromatic carbocycles. The van der Waals surface area contributed by atoms with Crippen LogP contribution in [0.1, 0.15) is 6.42 Å². The molecule has 0 bridgehead atoms. The van der Waals surface area contributed by atoms with E-state index < -0.39 is 8.07 Å². The Balaban J connectivity index is 2.44. The minimum atomic E-state index is -0.611. The van der Waals surface area contributed by atoms with Crippen molar-refractivity contribution in [2.45, 2.75) is 35.5 Å². The summed E-state index contributed by atoms with van der Waals surface area (Å²) in [6.07, 6.45) is 1.50. The standard InChI is InChI=1S/C6H13ISi/c1-8(2)4-3-6(7)5-8/h6H,3-5H2,1-2H3/t6-/m1/s1. The van der Waals surface area contributed by atoms with E-state index in [1.54, 1.807) is 12.1 Å². The summed E-state index contributed by atoms with van der Waals surface area (Å²) in [5.74, 6) is 0. The average Bonchev–Trinajstić information content (AvgIpc) is 1.82. The Hall–Kier alpha value is 0.947. The molecule has 0 aromatic rings. The molecular weight excluding hydrogens is 227 g/mol. The van der Waals surface area contributed by atoms with Crippen molar-refractivity contribution in [1.29, 1.82) is 0 Å². The zero-order chi connectivity index (χ0) is 6.20. The van der Waals surface area contributed by atoms with Crippen LogP contribution in [-0.2, 0) is 0 Å². The molecule has 0 amide bonds. The second kappa shape index (κ2) is 2.29. The molecule has 8 heavy (non-hydrogen) atoms. The summed E-state index contributed by atoms with van der Waals surface area (Å²) in [5.41, 5.74) is 0. The molecule has 1 aliphatic heterocycles. The lowest BCUT2D eigenvalue weighted by Gasteiger charge is -2.11. The van der Waals surface area contributed by atoms with E-state index in [-0.39, 0.29) is 0 Å². The average molecular weight is 240 g/mol. The molecule has 1 saturated heterocycles. The van der Waals surface area contributed by atoms with Crippen LogP contribution < -0.4 is 0 Å². The molecule has 48 valence electrons. The molecule has 1 aliphatic rings. The van der Waals surface area contributed by atoms with E-state index >= 15 is 0 Å². The number of halogens is 1. The zero-order valence-electron chi connectivity index (χ0n) is 5.58. The lowest BCUT2D eigenvalue weighted by molar-refractivity contribution is 0.989. The van der Waals surface area contributed by atoms with Gasteiger partial charge in [0.2, 0.25) is 0 Å². The maximum absolute atomic E-state index is 2.59. The first kappa shape index (κ1) is 7.06. The van der Waals surface area contributed by atoms with Gasteiger partial charge in [-0.3, -0.25) is 0 Å². The summed E-state index contributed by atoms with van der Waals surface area (Å²) in [7, 11) is -0.611. The van der Waals surface area contributed by atoms with Crippen molar-refractivity contribution in [2.24, 2.45) is 0 Å². The van der Waals surface area contributed by atoms with Gasteiger partial charge in [-0.1, -0.05) is 41.7 Å². The predicted octanol–water partition coefficient (Wildman–Crippen LogP) is 2.90. The Labute approximate surface area is 66.2 Å². The second-order valence-corrected chi connectivity index (χ2v) is 10.5. The minimum absolute atomic E-state index is 0.611. The van der Waals surface area contributed by atoms with Crippen molar-refractivity contribution in [3.05, 3.63) is 0 Å². The summed E-state index contributed by atoms with van der Waals surface area (Å²) in [6.45, 7) is 5.01. The van der Waals surface area contributed by atoms with Gasteiger partial charge in [0.1, 0.15) is 0 Å². The largest absolute Gasteiger partial charge is 0.0829 e. The van der Waals surface area contributed by atoms with Crippen molar-refractivity contribution < 1.29 is 0 Å². The summed E-state index contributed by atoms with van der Waals surface area (Å²) in [4.78, 5) is 0. The Kier molecular flexibility index (Phi) is 2.02. The van der Waals surface area contributed by atoms with Crippen LogP contribution in [0.25, 0.3) is 0 Å². The number of hydrogen-bond donors (Lipinski definition) is 0. The molecule has 1 heterocycles. The lowest BCUT2D eigenvalue weighted by atomic mass is 10.4. The van der Waals surface area contributed by atoms with Crippen LogP contribution in [0.2, 0.25) is 25.2 Å². The molecule has 0 N–H and O–H groups in total. The summed E-state index contributed by atoms with van der Waals surface area (Å²) in [6, 6.07) is 3.13. The van der Waals surface area contributed by atoms with Gasteiger partial charge in [-0.25, -0.2) is 0 Å². The van der Waals surface area contributed by atoms with E-state index in [1.165, 1.54) is 6.42 Å². The second-order valence-electron chi connectivity index (χ2n) is 3.50. The monoisotopic (exact) mass is 240 g/mol. The van der Waals surface area contributed by atoms with Crippen molar-refractivity contribution in [1.82, 2.24) is 0 Å². The molecule has 0 radical (unpaired) electrons. The van der Waals surface area contributed by atoms with E-state index in [2.05, 4.69) is 35.7 Å². The summed E-state index contributed by atoms with van der Waals surface area (Å²) >= 11 is 2.59. The maximum atomic E-state index is 2.59. The van der Waals surface area contributed by atoms with Gasteiger partial charge in [0.25, 0.3) is 0 Å². The van der Waals surface area contributed by atoms with Gasteiger partial charge >= 0.3 is 0 Å². The van der Waals surface area contributed by atoms with Gasteiger partial charge in [-0.2, -0.15) is 0 Å². The highest BCUT2D eigenvalue weighted by molar-refractivity contribution is 14.1. The molecule has 0 unspecified atom stereocenters. The van der Waals surface area contributed by atoms with E-state index in [0.29, 0.717) is 0 Å².